The standard InChI is InChI=1S/C17H19NO2S/c1-11(2)13-6-7-14-17(10-13)21(19,20)16-8-5-12(3)9-15(16)18(14)4/h5-11H,1-4H3. The summed E-state index contributed by atoms with van der Waals surface area (Å²) in [5.41, 5.74) is 3.59. The summed E-state index contributed by atoms with van der Waals surface area (Å²) in [5.74, 6) is 0.301. The molecule has 0 atom stereocenters. The molecule has 1 aliphatic rings. The first-order chi connectivity index (χ1) is 9.82. The van der Waals surface area contributed by atoms with Crippen LogP contribution in [0.3, 0.4) is 0 Å². The summed E-state index contributed by atoms with van der Waals surface area (Å²) in [5, 5.41) is 0. The molecule has 0 bridgehead atoms. The predicted octanol–water partition coefficient (Wildman–Crippen LogP) is 4.03. The third-order valence-corrected chi connectivity index (χ3v) is 5.90. The highest BCUT2D eigenvalue weighted by Crippen LogP contribution is 2.44. The van der Waals surface area contributed by atoms with E-state index in [4.69, 9.17) is 0 Å². The number of hydrogen-bond acceptors (Lipinski definition) is 3. The van der Waals surface area contributed by atoms with Gasteiger partial charge in [-0.05, 0) is 48.2 Å². The van der Waals surface area contributed by atoms with Gasteiger partial charge in [-0.3, -0.25) is 0 Å². The van der Waals surface area contributed by atoms with E-state index in [0.29, 0.717) is 15.7 Å². The second kappa shape index (κ2) is 4.60. The van der Waals surface area contributed by atoms with Gasteiger partial charge in [0.2, 0.25) is 9.84 Å². The number of anilines is 2. The monoisotopic (exact) mass is 301 g/mol. The number of sulfone groups is 1. The lowest BCUT2D eigenvalue weighted by Gasteiger charge is -2.30. The molecule has 0 fully saturated rings. The van der Waals surface area contributed by atoms with Crippen molar-refractivity contribution in [1.82, 2.24) is 0 Å². The minimum atomic E-state index is -3.45. The Morgan fingerprint density at radius 2 is 1.67 bits per heavy atom. The summed E-state index contributed by atoms with van der Waals surface area (Å²) in [7, 11) is -1.53. The molecular weight excluding hydrogens is 282 g/mol. The van der Waals surface area contributed by atoms with Gasteiger partial charge in [0, 0.05) is 7.05 Å². The molecule has 0 radical (unpaired) electrons. The fourth-order valence-corrected chi connectivity index (χ4v) is 4.47. The SMILES string of the molecule is Cc1ccc2c(c1)N(C)c1ccc(C(C)C)cc1S2(=O)=O. The van der Waals surface area contributed by atoms with Crippen LogP contribution in [0.2, 0.25) is 0 Å². The summed E-state index contributed by atoms with van der Waals surface area (Å²) in [6.45, 7) is 6.11. The summed E-state index contributed by atoms with van der Waals surface area (Å²) in [4.78, 5) is 2.76. The quantitative estimate of drug-likeness (QED) is 0.798. The van der Waals surface area contributed by atoms with Crippen molar-refractivity contribution >= 4 is 21.2 Å². The van der Waals surface area contributed by atoms with Crippen LogP contribution >= 0.6 is 0 Å². The zero-order valence-corrected chi connectivity index (χ0v) is 13.5. The molecule has 0 saturated carbocycles. The summed E-state index contributed by atoms with van der Waals surface area (Å²) in [6.07, 6.45) is 0. The van der Waals surface area contributed by atoms with Crippen LogP contribution in [0.15, 0.2) is 46.2 Å². The van der Waals surface area contributed by atoms with E-state index in [1.807, 2.05) is 49.2 Å². The maximum atomic E-state index is 12.9. The number of rotatable bonds is 1. The first kappa shape index (κ1) is 14.1. The third-order valence-electron chi connectivity index (χ3n) is 4.07. The van der Waals surface area contributed by atoms with E-state index >= 15 is 0 Å². The second-order valence-corrected chi connectivity index (χ2v) is 7.80. The van der Waals surface area contributed by atoms with Crippen LogP contribution in [0, 0.1) is 6.92 Å². The molecule has 110 valence electrons. The Morgan fingerprint density at radius 1 is 0.952 bits per heavy atom. The number of benzene rings is 2. The molecule has 2 aromatic carbocycles. The van der Waals surface area contributed by atoms with Gasteiger partial charge in [0.1, 0.15) is 0 Å². The fourth-order valence-electron chi connectivity index (χ4n) is 2.75. The van der Waals surface area contributed by atoms with Gasteiger partial charge in [-0.2, -0.15) is 0 Å². The molecule has 3 nitrogen and oxygen atoms in total. The molecule has 0 N–H and O–H groups in total. The Hall–Kier alpha value is -1.81. The van der Waals surface area contributed by atoms with E-state index in [9.17, 15) is 8.42 Å². The molecule has 0 aliphatic carbocycles. The van der Waals surface area contributed by atoms with Gasteiger partial charge in [-0.25, -0.2) is 8.42 Å². The summed E-state index contributed by atoms with van der Waals surface area (Å²) >= 11 is 0. The molecule has 0 amide bonds. The number of hydrogen-bond donors (Lipinski definition) is 0. The topological polar surface area (TPSA) is 37.4 Å². The summed E-state index contributed by atoms with van der Waals surface area (Å²) in [6, 6.07) is 11.2. The molecule has 0 spiro atoms. The first-order valence-corrected chi connectivity index (χ1v) is 8.54. The number of aryl methyl sites for hydroxylation is 1. The van der Waals surface area contributed by atoms with Crippen molar-refractivity contribution in [2.24, 2.45) is 0 Å². The van der Waals surface area contributed by atoms with Gasteiger partial charge >= 0.3 is 0 Å². The number of fused-ring (bicyclic) bond motifs is 2. The Labute approximate surface area is 126 Å². The highest BCUT2D eigenvalue weighted by molar-refractivity contribution is 7.92. The van der Waals surface area contributed by atoms with E-state index in [1.165, 1.54) is 0 Å². The van der Waals surface area contributed by atoms with E-state index in [0.717, 1.165) is 22.5 Å². The molecule has 0 unspecified atom stereocenters. The Balaban J connectivity index is 2.32. The average molecular weight is 301 g/mol. The van der Waals surface area contributed by atoms with Gasteiger partial charge in [-0.15, -0.1) is 0 Å². The molecule has 2 aromatic rings. The van der Waals surface area contributed by atoms with Crippen molar-refractivity contribution in [3.05, 3.63) is 47.5 Å². The Morgan fingerprint density at radius 3 is 2.33 bits per heavy atom. The Kier molecular flexibility index (Phi) is 3.10. The van der Waals surface area contributed by atoms with Crippen LogP contribution in [0.5, 0.6) is 0 Å². The third kappa shape index (κ3) is 2.05. The van der Waals surface area contributed by atoms with E-state index in [2.05, 4.69) is 13.8 Å². The van der Waals surface area contributed by atoms with Crippen molar-refractivity contribution in [2.45, 2.75) is 36.5 Å². The lowest BCUT2D eigenvalue weighted by Crippen LogP contribution is -2.22. The zero-order chi connectivity index (χ0) is 15.4. The molecule has 1 aliphatic heterocycles. The van der Waals surface area contributed by atoms with Gasteiger partial charge < -0.3 is 4.90 Å². The van der Waals surface area contributed by atoms with Gasteiger partial charge in [0.15, 0.2) is 0 Å². The van der Waals surface area contributed by atoms with Gasteiger partial charge in [-0.1, -0.05) is 26.0 Å². The van der Waals surface area contributed by atoms with Crippen molar-refractivity contribution < 1.29 is 8.42 Å². The van der Waals surface area contributed by atoms with Crippen molar-refractivity contribution in [2.75, 3.05) is 11.9 Å². The highest BCUT2D eigenvalue weighted by atomic mass is 32.2. The number of nitrogens with zero attached hydrogens (tertiary/aromatic N) is 1. The molecule has 3 rings (SSSR count). The lowest BCUT2D eigenvalue weighted by atomic mass is 10.0. The minimum absolute atomic E-state index is 0.301. The lowest BCUT2D eigenvalue weighted by molar-refractivity contribution is 0.594. The van der Waals surface area contributed by atoms with Crippen molar-refractivity contribution in [1.29, 1.82) is 0 Å². The highest BCUT2D eigenvalue weighted by Gasteiger charge is 2.32. The molecule has 0 aromatic heterocycles. The smallest absolute Gasteiger partial charge is 0.210 e. The minimum Gasteiger partial charge on any atom is -0.342 e. The van der Waals surface area contributed by atoms with E-state index < -0.39 is 9.84 Å². The molecule has 1 heterocycles. The van der Waals surface area contributed by atoms with Crippen LogP contribution in [0.25, 0.3) is 0 Å². The van der Waals surface area contributed by atoms with Crippen LogP contribution in [-0.4, -0.2) is 15.5 Å². The second-order valence-electron chi connectivity index (χ2n) is 5.92. The van der Waals surface area contributed by atoms with Crippen LogP contribution in [0.4, 0.5) is 11.4 Å². The molecular formula is C17H19NO2S. The zero-order valence-electron chi connectivity index (χ0n) is 12.7. The average Bonchev–Trinajstić information content (AvgIpc) is 2.44. The summed E-state index contributed by atoms with van der Waals surface area (Å²) < 4.78 is 25.8. The van der Waals surface area contributed by atoms with Crippen molar-refractivity contribution in [3.8, 4) is 0 Å². The molecule has 0 saturated heterocycles. The largest absolute Gasteiger partial charge is 0.342 e. The van der Waals surface area contributed by atoms with Crippen molar-refractivity contribution in [3.63, 3.8) is 0 Å². The first-order valence-electron chi connectivity index (χ1n) is 7.06. The van der Waals surface area contributed by atoms with Crippen LogP contribution in [-0.2, 0) is 9.84 Å². The van der Waals surface area contributed by atoms with E-state index in [1.54, 1.807) is 6.07 Å². The van der Waals surface area contributed by atoms with E-state index in [-0.39, 0.29) is 0 Å². The van der Waals surface area contributed by atoms with Crippen LogP contribution in [0.1, 0.15) is 30.9 Å². The van der Waals surface area contributed by atoms with Gasteiger partial charge in [0.05, 0.1) is 21.2 Å². The maximum absolute atomic E-state index is 12.9. The maximum Gasteiger partial charge on any atom is 0.210 e. The predicted molar refractivity (Wildman–Crippen MR) is 85.2 cm³/mol. The Bertz CT molecular complexity index is 823. The fraction of sp³-hybridized carbons (Fsp3) is 0.294. The molecule has 21 heavy (non-hydrogen) atoms. The van der Waals surface area contributed by atoms with Gasteiger partial charge in [0.25, 0.3) is 0 Å². The van der Waals surface area contributed by atoms with Crippen LogP contribution < -0.4 is 4.90 Å². The molecule has 4 heteroatoms. The normalized spacial score (nSPS) is 15.8.